The second-order valence-electron chi connectivity index (χ2n) is 8.06. The molecule has 0 aliphatic carbocycles. The number of nitrogens with zero attached hydrogens (tertiary/aromatic N) is 3. The van der Waals surface area contributed by atoms with Crippen molar-refractivity contribution in [2.75, 3.05) is 0 Å². The van der Waals surface area contributed by atoms with Crippen molar-refractivity contribution in [3.05, 3.63) is 108 Å². The Hall–Kier alpha value is -3.98. The molecule has 0 amide bonds. The second-order valence-corrected chi connectivity index (χ2v) is 8.06. The quantitative estimate of drug-likeness (QED) is 0.213. The number of para-hydroxylation sites is 1. The zero-order valence-electron chi connectivity index (χ0n) is 18.6. The number of rotatable bonds is 4. The second kappa shape index (κ2) is 8.27. The Labute approximate surface area is 188 Å². The van der Waals surface area contributed by atoms with E-state index in [2.05, 4.69) is 92.2 Å². The molecule has 3 nitrogen and oxygen atoms in total. The molecule has 156 valence electrons. The average Bonchev–Trinajstić information content (AvgIpc) is 3.21. The zero-order valence-corrected chi connectivity index (χ0v) is 18.6. The minimum Gasteiger partial charge on any atom is -0.342 e. The minimum absolute atomic E-state index is 0.959. The van der Waals surface area contributed by atoms with Gasteiger partial charge in [0.05, 0.1) is 34.2 Å². The number of hydrogen-bond donors (Lipinski definition) is 0. The van der Waals surface area contributed by atoms with E-state index in [1.165, 1.54) is 21.5 Å². The summed E-state index contributed by atoms with van der Waals surface area (Å²) in [4.78, 5) is 9.94. The van der Waals surface area contributed by atoms with E-state index in [-0.39, 0.29) is 0 Å². The molecular formula is C29H25N3. The van der Waals surface area contributed by atoms with E-state index in [1.807, 2.05) is 30.3 Å². The van der Waals surface area contributed by atoms with Crippen molar-refractivity contribution in [2.45, 2.75) is 13.8 Å². The van der Waals surface area contributed by atoms with Crippen LogP contribution in [0.5, 0.6) is 0 Å². The van der Waals surface area contributed by atoms with Gasteiger partial charge in [0.2, 0.25) is 0 Å². The SMILES string of the molecule is CC(=Nc1ccccc1)c1ccc(C(C)=Nc2c3ccccc3cc3ccccc23)n1C. The summed E-state index contributed by atoms with van der Waals surface area (Å²) in [6.07, 6.45) is 0. The molecule has 0 N–H and O–H groups in total. The lowest BCUT2D eigenvalue weighted by Crippen LogP contribution is -2.09. The van der Waals surface area contributed by atoms with Gasteiger partial charge in [0.15, 0.2) is 0 Å². The van der Waals surface area contributed by atoms with Gasteiger partial charge in [-0.25, -0.2) is 0 Å². The fourth-order valence-corrected chi connectivity index (χ4v) is 4.33. The predicted molar refractivity (Wildman–Crippen MR) is 137 cm³/mol. The highest BCUT2D eigenvalue weighted by Crippen LogP contribution is 2.35. The Morgan fingerprint density at radius 1 is 0.594 bits per heavy atom. The minimum atomic E-state index is 0.959. The first-order valence-corrected chi connectivity index (χ1v) is 10.8. The van der Waals surface area contributed by atoms with Gasteiger partial charge in [0, 0.05) is 17.8 Å². The molecule has 3 heteroatoms. The van der Waals surface area contributed by atoms with Crippen LogP contribution in [0.3, 0.4) is 0 Å². The summed E-state index contributed by atoms with van der Waals surface area (Å²) in [5, 5.41) is 4.75. The Bertz CT molecular complexity index is 1430. The molecule has 32 heavy (non-hydrogen) atoms. The van der Waals surface area contributed by atoms with E-state index in [0.717, 1.165) is 34.2 Å². The summed E-state index contributed by atoms with van der Waals surface area (Å²) in [7, 11) is 2.08. The van der Waals surface area contributed by atoms with Crippen LogP contribution >= 0.6 is 0 Å². The third-order valence-corrected chi connectivity index (χ3v) is 5.94. The number of aliphatic imine (C=N–C) groups is 2. The Balaban J connectivity index is 1.61. The van der Waals surface area contributed by atoms with E-state index in [1.54, 1.807) is 0 Å². The lowest BCUT2D eigenvalue weighted by Gasteiger charge is -2.11. The van der Waals surface area contributed by atoms with Crippen LogP contribution in [0.15, 0.2) is 107 Å². The summed E-state index contributed by atoms with van der Waals surface area (Å²) >= 11 is 0. The molecule has 0 fully saturated rings. The van der Waals surface area contributed by atoms with Gasteiger partial charge in [-0.05, 0) is 55.0 Å². The van der Waals surface area contributed by atoms with Crippen LogP contribution in [0.1, 0.15) is 25.2 Å². The maximum atomic E-state index is 5.16. The fraction of sp³-hybridized carbons (Fsp3) is 0.103. The molecule has 0 radical (unpaired) electrons. The first kappa shape index (κ1) is 20.0. The molecule has 0 aliphatic heterocycles. The summed E-state index contributed by atoms with van der Waals surface area (Å²) < 4.78 is 2.17. The molecular weight excluding hydrogens is 390 g/mol. The van der Waals surface area contributed by atoms with Gasteiger partial charge in [0.1, 0.15) is 0 Å². The third kappa shape index (κ3) is 3.63. The van der Waals surface area contributed by atoms with Crippen LogP contribution in [0.2, 0.25) is 0 Å². The maximum absolute atomic E-state index is 5.16. The molecule has 4 aromatic carbocycles. The molecule has 1 aromatic heterocycles. The predicted octanol–water partition coefficient (Wildman–Crippen LogP) is 7.61. The summed E-state index contributed by atoms with van der Waals surface area (Å²) in [5.41, 5.74) is 6.11. The van der Waals surface area contributed by atoms with Crippen molar-refractivity contribution in [1.29, 1.82) is 0 Å². The van der Waals surface area contributed by atoms with Crippen LogP contribution in [-0.4, -0.2) is 16.0 Å². The van der Waals surface area contributed by atoms with Crippen molar-refractivity contribution >= 4 is 44.3 Å². The van der Waals surface area contributed by atoms with Gasteiger partial charge in [-0.15, -0.1) is 0 Å². The van der Waals surface area contributed by atoms with Gasteiger partial charge in [-0.1, -0.05) is 66.7 Å². The van der Waals surface area contributed by atoms with E-state index >= 15 is 0 Å². The Morgan fingerprint density at radius 2 is 1.09 bits per heavy atom. The topological polar surface area (TPSA) is 29.6 Å². The van der Waals surface area contributed by atoms with Crippen LogP contribution < -0.4 is 0 Å². The van der Waals surface area contributed by atoms with Crippen LogP contribution in [0.25, 0.3) is 21.5 Å². The smallest absolute Gasteiger partial charge is 0.0790 e. The van der Waals surface area contributed by atoms with Crippen LogP contribution in [0, 0.1) is 0 Å². The molecule has 0 bridgehead atoms. The summed E-state index contributed by atoms with van der Waals surface area (Å²) in [6, 6.07) is 33.5. The highest BCUT2D eigenvalue weighted by atomic mass is 15.0. The first-order valence-electron chi connectivity index (χ1n) is 10.8. The highest BCUT2D eigenvalue weighted by Gasteiger charge is 2.12. The number of fused-ring (bicyclic) bond motifs is 2. The monoisotopic (exact) mass is 415 g/mol. The van der Waals surface area contributed by atoms with E-state index in [9.17, 15) is 0 Å². The van der Waals surface area contributed by atoms with Crippen LogP contribution in [-0.2, 0) is 7.05 Å². The Kier molecular flexibility index (Phi) is 5.16. The lowest BCUT2D eigenvalue weighted by atomic mass is 10.0. The van der Waals surface area contributed by atoms with E-state index < -0.39 is 0 Å². The molecule has 5 aromatic rings. The molecule has 0 saturated heterocycles. The standard InChI is InChI=1S/C29H25N3/c1-20(30-24-13-5-4-6-14-24)27-17-18-28(32(27)3)21(2)31-29-25-15-9-7-11-22(25)19-23-12-8-10-16-26(23)29/h4-19H,1-3H3. The first-order chi connectivity index (χ1) is 15.6. The average molecular weight is 416 g/mol. The van der Waals surface area contributed by atoms with E-state index in [4.69, 9.17) is 9.98 Å². The molecule has 5 rings (SSSR count). The molecule has 0 atom stereocenters. The summed E-state index contributed by atoms with van der Waals surface area (Å²) in [6.45, 7) is 4.14. The normalized spacial score (nSPS) is 12.6. The number of aromatic nitrogens is 1. The number of benzene rings is 4. The molecule has 1 heterocycles. The van der Waals surface area contributed by atoms with Crippen molar-refractivity contribution in [3.8, 4) is 0 Å². The van der Waals surface area contributed by atoms with Crippen molar-refractivity contribution in [3.63, 3.8) is 0 Å². The highest BCUT2D eigenvalue weighted by molar-refractivity contribution is 6.13. The third-order valence-electron chi connectivity index (χ3n) is 5.94. The fourth-order valence-electron chi connectivity index (χ4n) is 4.33. The molecule has 0 spiro atoms. The van der Waals surface area contributed by atoms with Gasteiger partial charge in [0.25, 0.3) is 0 Å². The van der Waals surface area contributed by atoms with Gasteiger partial charge in [-0.2, -0.15) is 0 Å². The van der Waals surface area contributed by atoms with Crippen LogP contribution in [0.4, 0.5) is 11.4 Å². The largest absolute Gasteiger partial charge is 0.342 e. The van der Waals surface area contributed by atoms with E-state index in [0.29, 0.717) is 0 Å². The van der Waals surface area contributed by atoms with Gasteiger partial charge in [-0.3, -0.25) is 9.98 Å². The number of hydrogen-bond acceptors (Lipinski definition) is 2. The van der Waals surface area contributed by atoms with Crippen molar-refractivity contribution in [2.24, 2.45) is 17.0 Å². The molecule has 0 aliphatic rings. The molecule has 0 unspecified atom stereocenters. The summed E-state index contributed by atoms with van der Waals surface area (Å²) in [5.74, 6) is 0. The molecule has 0 saturated carbocycles. The Morgan fingerprint density at radius 3 is 1.69 bits per heavy atom. The van der Waals surface area contributed by atoms with Crippen molar-refractivity contribution < 1.29 is 0 Å². The van der Waals surface area contributed by atoms with Gasteiger partial charge < -0.3 is 4.57 Å². The lowest BCUT2D eigenvalue weighted by molar-refractivity contribution is 0.900. The zero-order chi connectivity index (χ0) is 22.1. The van der Waals surface area contributed by atoms with Gasteiger partial charge >= 0.3 is 0 Å². The maximum Gasteiger partial charge on any atom is 0.0790 e. The van der Waals surface area contributed by atoms with Crippen molar-refractivity contribution in [1.82, 2.24) is 4.57 Å².